The van der Waals surface area contributed by atoms with E-state index in [4.69, 9.17) is 9.76 Å². The van der Waals surface area contributed by atoms with Crippen molar-refractivity contribution < 1.29 is 24.4 Å². The molecule has 0 spiro atoms. The summed E-state index contributed by atoms with van der Waals surface area (Å²) < 4.78 is 5.31. The SMILES string of the molecule is CNCC1NCc2ccc(C(=O)N[C@H]3CC[C@@H](CC(=O)O)OB3O)cc21. The molecule has 2 aliphatic rings. The normalized spacial score (nSPS) is 25.0. The van der Waals surface area contributed by atoms with Crippen LogP contribution in [0.3, 0.4) is 0 Å². The molecule has 1 saturated heterocycles. The van der Waals surface area contributed by atoms with Gasteiger partial charge in [-0.05, 0) is 43.1 Å². The lowest BCUT2D eigenvalue weighted by atomic mass is 9.72. The van der Waals surface area contributed by atoms with Crippen LogP contribution in [-0.4, -0.2) is 54.8 Å². The zero-order valence-electron chi connectivity index (χ0n) is 14.7. The van der Waals surface area contributed by atoms with Crippen molar-refractivity contribution >= 4 is 19.0 Å². The molecule has 0 saturated carbocycles. The molecule has 2 aliphatic heterocycles. The monoisotopic (exact) mass is 361 g/mol. The van der Waals surface area contributed by atoms with Gasteiger partial charge in [-0.2, -0.15) is 0 Å². The van der Waals surface area contributed by atoms with Crippen LogP contribution in [0.15, 0.2) is 18.2 Å². The second kappa shape index (κ2) is 8.17. The van der Waals surface area contributed by atoms with Crippen molar-refractivity contribution in [2.24, 2.45) is 0 Å². The number of amides is 1. The topological polar surface area (TPSA) is 120 Å². The Balaban J connectivity index is 1.62. The minimum Gasteiger partial charge on any atom is -0.481 e. The maximum atomic E-state index is 12.6. The fourth-order valence-corrected chi connectivity index (χ4v) is 3.56. The van der Waals surface area contributed by atoms with Crippen LogP contribution in [0.1, 0.15) is 46.8 Å². The van der Waals surface area contributed by atoms with Gasteiger partial charge in [-0.1, -0.05) is 6.07 Å². The Morgan fingerprint density at radius 2 is 2.19 bits per heavy atom. The van der Waals surface area contributed by atoms with Crippen molar-refractivity contribution in [1.29, 1.82) is 0 Å². The number of carboxylic acid groups (broad SMARTS) is 1. The molecule has 1 unspecified atom stereocenters. The Morgan fingerprint density at radius 3 is 2.88 bits per heavy atom. The summed E-state index contributed by atoms with van der Waals surface area (Å²) in [5.41, 5.74) is 2.82. The molecule has 1 fully saturated rings. The van der Waals surface area contributed by atoms with Crippen LogP contribution in [0.25, 0.3) is 0 Å². The largest absolute Gasteiger partial charge is 0.481 e. The molecule has 5 N–H and O–H groups in total. The van der Waals surface area contributed by atoms with Crippen molar-refractivity contribution in [2.45, 2.75) is 43.9 Å². The predicted octanol–water partition coefficient (Wildman–Crippen LogP) is -0.178. The molecule has 9 heteroatoms. The summed E-state index contributed by atoms with van der Waals surface area (Å²) in [4.78, 5) is 23.3. The minimum atomic E-state index is -1.20. The van der Waals surface area contributed by atoms with Crippen molar-refractivity contribution in [3.8, 4) is 0 Å². The van der Waals surface area contributed by atoms with Gasteiger partial charge in [-0.25, -0.2) is 0 Å². The first-order valence-electron chi connectivity index (χ1n) is 8.85. The number of benzene rings is 1. The summed E-state index contributed by atoms with van der Waals surface area (Å²) in [6, 6.07) is 5.78. The highest BCUT2D eigenvalue weighted by atomic mass is 16.5. The van der Waals surface area contributed by atoms with Gasteiger partial charge < -0.3 is 30.7 Å². The number of rotatable bonds is 6. The molecule has 0 radical (unpaired) electrons. The molecular weight excluding hydrogens is 337 g/mol. The molecule has 1 amide bonds. The molecule has 26 heavy (non-hydrogen) atoms. The highest BCUT2D eigenvalue weighted by Gasteiger charge is 2.37. The zero-order chi connectivity index (χ0) is 18.7. The van der Waals surface area contributed by atoms with Gasteiger partial charge in [0.2, 0.25) is 0 Å². The first kappa shape index (κ1) is 18.8. The average Bonchev–Trinajstić information content (AvgIpc) is 2.99. The van der Waals surface area contributed by atoms with Gasteiger partial charge in [0.1, 0.15) is 0 Å². The van der Waals surface area contributed by atoms with E-state index in [-0.39, 0.29) is 18.4 Å². The van der Waals surface area contributed by atoms with Crippen LogP contribution < -0.4 is 16.0 Å². The molecule has 0 aromatic heterocycles. The molecular formula is C17H24BN3O5. The fourth-order valence-electron chi connectivity index (χ4n) is 3.56. The fraction of sp³-hybridized carbons (Fsp3) is 0.529. The van der Waals surface area contributed by atoms with Gasteiger partial charge in [0.05, 0.1) is 18.5 Å². The Labute approximate surface area is 152 Å². The van der Waals surface area contributed by atoms with E-state index in [0.29, 0.717) is 18.4 Å². The van der Waals surface area contributed by atoms with Gasteiger partial charge in [0, 0.05) is 24.7 Å². The number of hydrogen-bond donors (Lipinski definition) is 5. The van der Waals surface area contributed by atoms with Crippen LogP contribution >= 0.6 is 0 Å². The third-order valence-electron chi connectivity index (χ3n) is 4.93. The van der Waals surface area contributed by atoms with Crippen LogP contribution in [0.4, 0.5) is 0 Å². The summed E-state index contributed by atoms with van der Waals surface area (Å²) in [5, 5.41) is 28.2. The smallest absolute Gasteiger partial charge is 0.478 e. The van der Waals surface area contributed by atoms with Crippen molar-refractivity contribution in [1.82, 2.24) is 16.0 Å². The number of carboxylic acids is 1. The molecule has 3 rings (SSSR count). The van der Waals surface area contributed by atoms with E-state index in [2.05, 4.69) is 16.0 Å². The number of carbonyl (C=O) groups excluding carboxylic acids is 1. The lowest BCUT2D eigenvalue weighted by Crippen LogP contribution is -2.52. The first-order valence-corrected chi connectivity index (χ1v) is 8.85. The highest BCUT2D eigenvalue weighted by molar-refractivity contribution is 6.45. The van der Waals surface area contributed by atoms with Crippen LogP contribution in [0, 0.1) is 0 Å². The number of nitrogens with one attached hydrogen (secondary N) is 3. The summed E-state index contributed by atoms with van der Waals surface area (Å²) >= 11 is 0. The number of aliphatic carboxylic acids is 1. The molecule has 140 valence electrons. The van der Waals surface area contributed by atoms with Gasteiger partial charge in [0.15, 0.2) is 0 Å². The third-order valence-corrected chi connectivity index (χ3v) is 4.93. The van der Waals surface area contributed by atoms with Gasteiger partial charge in [0.25, 0.3) is 5.91 Å². The van der Waals surface area contributed by atoms with Crippen LogP contribution in [0.5, 0.6) is 0 Å². The number of fused-ring (bicyclic) bond motifs is 1. The average molecular weight is 361 g/mol. The van der Waals surface area contributed by atoms with E-state index in [0.717, 1.165) is 18.7 Å². The van der Waals surface area contributed by atoms with E-state index in [9.17, 15) is 14.6 Å². The maximum Gasteiger partial charge on any atom is 0.478 e. The summed E-state index contributed by atoms with van der Waals surface area (Å²) in [7, 11) is 0.684. The number of hydrogen-bond acceptors (Lipinski definition) is 6. The molecule has 1 aromatic rings. The first-order chi connectivity index (χ1) is 12.5. The summed E-state index contributed by atoms with van der Waals surface area (Å²) in [6.45, 7) is 1.56. The molecule has 2 heterocycles. The van der Waals surface area contributed by atoms with E-state index >= 15 is 0 Å². The Hall–Kier alpha value is -1.94. The Bertz CT molecular complexity index is 684. The van der Waals surface area contributed by atoms with Gasteiger partial charge in [-0.15, -0.1) is 0 Å². The van der Waals surface area contributed by atoms with Crippen LogP contribution in [-0.2, 0) is 16.0 Å². The minimum absolute atomic E-state index is 0.150. The van der Waals surface area contributed by atoms with E-state index in [1.807, 2.05) is 19.2 Å². The molecule has 0 aliphatic carbocycles. The van der Waals surface area contributed by atoms with E-state index in [1.165, 1.54) is 5.56 Å². The third kappa shape index (κ3) is 4.24. The summed E-state index contributed by atoms with van der Waals surface area (Å²) in [6.07, 6.45) is 0.276. The lowest BCUT2D eigenvalue weighted by molar-refractivity contribution is -0.139. The second-order valence-corrected chi connectivity index (χ2v) is 6.81. The highest BCUT2D eigenvalue weighted by Crippen LogP contribution is 2.26. The zero-order valence-corrected chi connectivity index (χ0v) is 14.7. The quantitative estimate of drug-likeness (QED) is 0.446. The van der Waals surface area contributed by atoms with Crippen molar-refractivity contribution in [2.75, 3.05) is 13.6 Å². The molecule has 0 bridgehead atoms. The molecule has 1 aromatic carbocycles. The maximum absolute atomic E-state index is 12.6. The summed E-state index contributed by atoms with van der Waals surface area (Å²) in [5.74, 6) is -1.79. The Morgan fingerprint density at radius 1 is 1.38 bits per heavy atom. The Kier molecular flexibility index (Phi) is 5.92. The standard InChI is InChI=1S/C17H24BN3O5/c1-19-9-14-13-6-10(2-3-11(13)8-20-14)17(24)21-15-5-4-12(7-16(22)23)26-18(15)25/h2-3,6,12,14-15,19-20,25H,4-5,7-9H2,1H3,(H,21,24)(H,22,23)/t12-,14?,15-/m0/s1. The van der Waals surface area contributed by atoms with Gasteiger partial charge >= 0.3 is 13.1 Å². The number of likely N-dealkylation sites (N-methyl/N-ethyl adjacent to an activating group) is 1. The van der Waals surface area contributed by atoms with E-state index in [1.54, 1.807) is 6.07 Å². The van der Waals surface area contributed by atoms with Gasteiger partial charge in [-0.3, -0.25) is 9.59 Å². The number of carbonyl (C=O) groups is 2. The lowest BCUT2D eigenvalue weighted by Gasteiger charge is -2.30. The van der Waals surface area contributed by atoms with Crippen molar-refractivity contribution in [3.05, 3.63) is 34.9 Å². The van der Waals surface area contributed by atoms with Crippen molar-refractivity contribution in [3.63, 3.8) is 0 Å². The predicted molar refractivity (Wildman–Crippen MR) is 95.5 cm³/mol. The molecule has 3 atom stereocenters. The van der Waals surface area contributed by atoms with E-state index < -0.39 is 25.1 Å². The second-order valence-electron chi connectivity index (χ2n) is 6.81. The molecule has 8 nitrogen and oxygen atoms in total. The van der Waals surface area contributed by atoms with Crippen LogP contribution in [0.2, 0.25) is 0 Å².